The summed E-state index contributed by atoms with van der Waals surface area (Å²) in [5, 5.41) is 2.24. The van der Waals surface area contributed by atoms with Crippen molar-refractivity contribution in [2.24, 2.45) is 0 Å². The van der Waals surface area contributed by atoms with Gasteiger partial charge in [-0.3, -0.25) is 4.79 Å². The number of carbonyl (C=O) groups excluding carboxylic acids is 1. The van der Waals surface area contributed by atoms with Gasteiger partial charge in [0.15, 0.2) is 5.82 Å². The Kier molecular flexibility index (Phi) is 2.98. The number of nitrogens with one attached hydrogen (secondary N) is 1. The van der Waals surface area contributed by atoms with Crippen LogP contribution in [0.2, 0.25) is 0 Å². The van der Waals surface area contributed by atoms with Crippen LogP contribution in [0.3, 0.4) is 0 Å². The van der Waals surface area contributed by atoms with Crippen molar-refractivity contribution in [1.29, 1.82) is 0 Å². The van der Waals surface area contributed by atoms with Crippen molar-refractivity contribution < 1.29 is 13.6 Å². The molecule has 0 heterocycles. The van der Waals surface area contributed by atoms with E-state index in [1.165, 1.54) is 6.92 Å². The second kappa shape index (κ2) is 3.83. The maximum absolute atomic E-state index is 13.0. The van der Waals surface area contributed by atoms with E-state index in [1.54, 1.807) is 0 Å². The average Bonchev–Trinajstić information content (AvgIpc) is 1.96. The highest BCUT2D eigenvalue weighted by Gasteiger charge is 2.09. The molecule has 0 spiro atoms. The van der Waals surface area contributed by atoms with Crippen LogP contribution in [-0.4, -0.2) is 5.91 Å². The Balaban J connectivity index is 3.13. The lowest BCUT2D eigenvalue weighted by molar-refractivity contribution is -0.114. The maximum Gasteiger partial charge on any atom is 0.221 e. The van der Waals surface area contributed by atoms with Gasteiger partial charge in [0, 0.05) is 17.5 Å². The summed E-state index contributed by atoms with van der Waals surface area (Å²) in [5.74, 6) is -1.91. The molecule has 0 bridgehead atoms. The lowest BCUT2D eigenvalue weighted by Crippen LogP contribution is -2.08. The number of halogens is 3. The third-order valence-corrected chi connectivity index (χ3v) is 1.93. The maximum atomic E-state index is 13.0. The average molecular weight is 250 g/mol. The zero-order valence-corrected chi connectivity index (χ0v) is 8.28. The van der Waals surface area contributed by atoms with E-state index < -0.39 is 17.5 Å². The third-order valence-electron chi connectivity index (χ3n) is 1.31. The molecule has 0 saturated carbocycles. The van der Waals surface area contributed by atoms with E-state index >= 15 is 0 Å². The Labute approximate surface area is 82.1 Å². The second-order valence-corrected chi connectivity index (χ2v) is 3.28. The molecule has 1 aromatic rings. The minimum absolute atomic E-state index is 0.0473. The molecule has 1 aromatic carbocycles. The van der Waals surface area contributed by atoms with Gasteiger partial charge in [0.25, 0.3) is 0 Å². The number of carbonyl (C=O) groups is 1. The molecule has 2 nitrogen and oxygen atoms in total. The highest BCUT2D eigenvalue weighted by molar-refractivity contribution is 9.10. The van der Waals surface area contributed by atoms with Crippen molar-refractivity contribution in [3.63, 3.8) is 0 Å². The fourth-order valence-corrected chi connectivity index (χ4v) is 1.34. The predicted octanol–water partition coefficient (Wildman–Crippen LogP) is 2.69. The van der Waals surface area contributed by atoms with Crippen LogP contribution in [0.25, 0.3) is 0 Å². The summed E-state index contributed by atoms with van der Waals surface area (Å²) in [6.07, 6.45) is 0. The standard InChI is InChI=1S/C8H6BrF2NO/c1-4(13)12-8-6(9)2-5(10)3-7(8)11/h2-3H,1H3,(H,12,13). The molecule has 0 atom stereocenters. The van der Waals surface area contributed by atoms with Crippen molar-refractivity contribution in [3.05, 3.63) is 28.2 Å². The number of rotatable bonds is 1. The molecule has 0 fully saturated rings. The highest BCUT2D eigenvalue weighted by atomic mass is 79.9. The van der Waals surface area contributed by atoms with Gasteiger partial charge in [-0.05, 0) is 22.0 Å². The van der Waals surface area contributed by atoms with Gasteiger partial charge in [0.05, 0.1) is 5.69 Å². The molecule has 13 heavy (non-hydrogen) atoms. The van der Waals surface area contributed by atoms with E-state index in [9.17, 15) is 13.6 Å². The molecular weight excluding hydrogens is 244 g/mol. The molecule has 1 amide bonds. The molecule has 1 N–H and O–H groups in total. The molecule has 0 aliphatic carbocycles. The van der Waals surface area contributed by atoms with E-state index in [0.29, 0.717) is 6.07 Å². The van der Waals surface area contributed by atoms with E-state index in [-0.39, 0.29) is 10.2 Å². The van der Waals surface area contributed by atoms with Gasteiger partial charge in [-0.15, -0.1) is 0 Å². The van der Waals surface area contributed by atoms with Crippen LogP contribution >= 0.6 is 15.9 Å². The molecule has 0 aromatic heterocycles. The lowest BCUT2D eigenvalue weighted by Gasteiger charge is -2.05. The van der Waals surface area contributed by atoms with Crippen LogP contribution in [0.4, 0.5) is 14.5 Å². The van der Waals surface area contributed by atoms with Crippen molar-refractivity contribution in [2.75, 3.05) is 5.32 Å². The highest BCUT2D eigenvalue weighted by Crippen LogP contribution is 2.26. The summed E-state index contributed by atoms with van der Waals surface area (Å²) in [6, 6.07) is 1.78. The Morgan fingerprint density at radius 1 is 1.46 bits per heavy atom. The number of benzene rings is 1. The van der Waals surface area contributed by atoms with E-state index in [1.807, 2.05) is 0 Å². The van der Waals surface area contributed by atoms with Crippen LogP contribution in [0, 0.1) is 11.6 Å². The Bertz CT molecular complexity index is 331. The minimum atomic E-state index is -0.804. The Morgan fingerprint density at radius 2 is 2.08 bits per heavy atom. The summed E-state index contributed by atoms with van der Waals surface area (Å²) in [4.78, 5) is 10.6. The summed E-state index contributed by atoms with van der Waals surface area (Å²) in [6.45, 7) is 1.25. The quantitative estimate of drug-likeness (QED) is 0.815. The van der Waals surface area contributed by atoms with Crippen molar-refractivity contribution in [1.82, 2.24) is 0 Å². The van der Waals surface area contributed by atoms with Gasteiger partial charge in [0.1, 0.15) is 5.82 Å². The molecule has 0 unspecified atom stereocenters. The summed E-state index contributed by atoms with van der Waals surface area (Å²) < 4.78 is 25.7. The fraction of sp³-hybridized carbons (Fsp3) is 0.125. The molecule has 1 rings (SSSR count). The smallest absolute Gasteiger partial charge is 0.221 e. The van der Waals surface area contributed by atoms with Crippen LogP contribution in [0.15, 0.2) is 16.6 Å². The predicted molar refractivity (Wildman–Crippen MR) is 48.4 cm³/mol. The second-order valence-electron chi connectivity index (χ2n) is 2.43. The molecule has 70 valence electrons. The first kappa shape index (κ1) is 10.1. The molecule has 0 aliphatic heterocycles. The number of hydrogen-bond donors (Lipinski definition) is 1. The van der Waals surface area contributed by atoms with Crippen LogP contribution < -0.4 is 5.32 Å². The van der Waals surface area contributed by atoms with Gasteiger partial charge in [-0.25, -0.2) is 8.78 Å². The first-order chi connectivity index (χ1) is 6.00. The number of anilines is 1. The van der Waals surface area contributed by atoms with Gasteiger partial charge in [-0.2, -0.15) is 0 Å². The number of hydrogen-bond acceptors (Lipinski definition) is 1. The summed E-state index contributed by atoms with van der Waals surface area (Å²) in [5.41, 5.74) is -0.0473. The van der Waals surface area contributed by atoms with E-state index in [0.717, 1.165) is 6.07 Å². The minimum Gasteiger partial charge on any atom is -0.323 e. The largest absolute Gasteiger partial charge is 0.323 e. The SMILES string of the molecule is CC(=O)Nc1c(F)cc(F)cc1Br. The van der Waals surface area contributed by atoms with Crippen LogP contribution in [0.1, 0.15) is 6.92 Å². The third kappa shape index (κ3) is 2.48. The Hall–Kier alpha value is -0.970. The Morgan fingerprint density at radius 3 is 2.54 bits per heavy atom. The molecule has 0 aliphatic rings. The van der Waals surface area contributed by atoms with Crippen molar-refractivity contribution in [2.45, 2.75) is 6.92 Å². The molecule has 5 heteroatoms. The van der Waals surface area contributed by atoms with E-state index in [2.05, 4.69) is 21.2 Å². The molecular formula is C8H6BrF2NO. The van der Waals surface area contributed by atoms with Gasteiger partial charge in [-0.1, -0.05) is 0 Å². The summed E-state index contributed by atoms with van der Waals surface area (Å²) in [7, 11) is 0. The van der Waals surface area contributed by atoms with Gasteiger partial charge in [0.2, 0.25) is 5.91 Å². The van der Waals surface area contributed by atoms with Crippen LogP contribution in [-0.2, 0) is 4.79 Å². The van der Waals surface area contributed by atoms with Gasteiger partial charge >= 0.3 is 0 Å². The lowest BCUT2D eigenvalue weighted by atomic mass is 10.3. The zero-order valence-electron chi connectivity index (χ0n) is 6.70. The van der Waals surface area contributed by atoms with Crippen LogP contribution in [0.5, 0.6) is 0 Å². The monoisotopic (exact) mass is 249 g/mol. The zero-order chi connectivity index (χ0) is 10.0. The molecule has 0 saturated heterocycles. The summed E-state index contributed by atoms with van der Waals surface area (Å²) >= 11 is 2.93. The number of amides is 1. The topological polar surface area (TPSA) is 29.1 Å². The van der Waals surface area contributed by atoms with Gasteiger partial charge < -0.3 is 5.32 Å². The normalized spacial score (nSPS) is 9.85. The first-order valence-electron chi connectivity index (χ1n) is 3.43. The van der Waals surface area contributed by atoms with Crippen molar-refractivity contribution in [3.8, 4) is 0 Å². The van der Waals surface area contributed by atoms with Crippen molar-refractivity contribution >= 4 is 27.5 Å². The first-order valence-corrected chi connectivity index (χ1v) is 4.22. The molecule has 0 radical (unpaired) electrons. The fourth-order valence-electron chi connectivity index (χ4n) is 0.838. The van der Waals surface area contributed by atoms with E-state index in [4.69, 9.17) is 0 Å².